The van der Waals surface area contributed by atoms with Crippen LogP contribution in [0.15, 0.2) is 36.7 Å². The third-order valence-electron chi connectivity index (χ3n) is 3.00. The van der Waals surface area contributed by atoms with Crippen LogP contribution in [0.1, 0.15) is 5.82 Å². The number of halogens is 1. The highest BCUT2D eigenvalue weighted by molar-refractivity contribution is 6.30. The molecule has 0 spiro atoms. The molecule has 1 N–H and O–H groups in total. The van der Waals surface area contributed by atoms with Crippen molar-refractivity contribution < 1.29 is 0 Å². The van der Waals surface area contributed by atoms with Crippen LogP contribution in [0.25, 0.3) is 0 Å². The first-order valence-corrected chi connectivity index (χ1v) is 6.67. The van der Waals surface area contributed by atoms with Gasteiger partial charge in [0.2, 0.25) is 0 Å². The number of nitrogens with one attached hydrogen (secondary N) is 1. The highest BCUT2D eigenvalue weighted by Crippen LogP contribution is 2.12. The van der Waals surface area contributed by atoms with Gasteiger partial charge in [-0.15, -0.1) is 0 Å². The minimum atomic E-state index is 0.762. The number of nitrogens with zero attached hydrogens (tertiary/aromatic N) is 3. The zero-order valence-electron chi connectivity index (χ0n) is 11.3. The second-order valence-corrected chi connectivity index (χ2v) is 5.06. The molecule has 4 nitrogen and oxygen atoms in total. The molecule has 0 saturated carbocycles. The van der Waals surface area contributed by atoms with Gasteiger partial charge < -0.3 is 9.88 Å². The van der Waals surface area contributed by atoms with Crippen LogP contribution in [0.4, 0.5) is 5.69 Å². The zero-order chi connectivity index (χ0) is 13.7. The van der Waals surface area contributed by atoms with E-state index in [-0.39, 0.29) is 0 Å². The molecule has 1 heterocycles. The van der Waals surface area contributed by atoms with Gasteiger partial charge in [0.25, 0.3) is 0 Å². The number of rotatable bonds is 6. The Bertz CT molecular complexity index is 506. The fraction of sp³-hybridized carbons (Fsp3) is 0.357. The van der Waals surface area contributed by atoms with Crippen molar-refractivity contribution in [1.82, 2.24) is 14.5 Å². The molecule has 2 aromatic rings. The van der Waals surface area contributed by atoms with E-state index in [4.69, 9.17) is 11.6 Å². The van der Waals surface area contributed by atoms with E-state index in [9.17, 15) is 0 Å². The minimum Gasteiger partial charge on any atom is -0.384 e. The Kier molecular flexibility index (Phi) is 4.82. The lowest BCUT2D eigenvalue weighted by Gasteiger charge is -2.17. The maximum Gasteiger partial charge on any atom is 0.122 e. The van der Waals surface area contributed by atoms with Gasteiger partial charge in [-0.25, -0.2) is 4.98 Å². The summed E-state index contributed by atoms with van der Waals surface area (Å²) in [5.74, 6) is 1.08. The van der Waals surface area contributed by atoms with E-state index >= 15 is 0 Å². The minimum absolute atomic E-state index is 0.762. The predicted octanol–water partition coefficient (Wildman–Crippen LogP) is 2.62. The number of aryl methyl sites for hydroxylation is 1. The Balaban J connectivity index is 1.73. The average Bonchev–Trinajstić information content (AvgIpc) is 2.78. The van der Waals surface area contributed by atoms with Crippen molar-refractivity contribution in [2.45, 2.75) is 6.54 Å². The van der Waals surface area contributed by atoms with Gasteiger partial charge in [-0.1, -0.05) is 11.6 Å². The molecular weight excluding hydrogens is 260 g/mol. The first-order chi connectivity index (χ1) is 9.15. The van der Waals surface area contributed by atoms with Crippen molar-refractivity contribution in [1.29, 1.82) is 0 Å². The van der Waals surface area contributed by atoms with E-state index in [1.807, 2.05) is 48.3 Å². The molecule has 0 aliphatic rings. The summed E-state index contributed by atoms with van der Waals surface area (Å²) in [5, 5.41) is 4.13. The zero-order valence-corrected chi connectivity index (χ0v) is 12.1. The van der Waals surface area contributed by atoms with E-state index in [1.165, 1.54) is 0 Å². The normalized spacial score (nSPS) is 10.9. The lowest BCUT2D eigenvalue weighted by molar-refractivity contribution is 0.327. The molecule has 0 bridgehead atoms. The summed E-state index contributed by atoms with van der Waals surface area (Å²) in [5.41, 5.74) is 1.09. The van der Waals surface area contributed by atoms with Crippen molar-refractivity contribution in [3.63, 3.8) is 0 Å². The van der Waals surface area contributed by atoms with E-state index in [0.717, 1.165) is 36.2 Å². The van der Waals surface area contributed by atoms with Gasteiger partial charge in [0.05, 0.1) is 6.54 Å². The van der Waals surface area contributed by atoms with Gasteiger partial charge in [0.1, 0.15) is 5.82 Å². The van der Waals surface area contributed by atoms with Gasteiger partial charge in [-0.3, -0.25) is 4.90 Å². The molecule has 0 saturated heterocycles. The van der Waals surface area contributed by atoms with Crippen LogP contribution in [-0.2, 0) is 13.6 Å². The van der Waals surface area contributed by atoms with Crippen LogP contribution in [0, 0.1) is 0 Å². The smallest absolute Gasteiger partial charge is 0.122 e. The SMILES string of the molecule is CN(CCNc1ccc(Cl)cc1)Cc1nccn1C. The topological polar surface area (TPSA) is 33.1 Å². The molecule has 0 aliphatic carbocycles. The standard InChI is InChI=1S/C14H19ClN4/c1-18(11-14-17-8-10-19(14)2)9-7-16-13-5-3-12(15)4-6-13/h3-6,8,10,16H,7,9,11H2,1-2H3. The van der Waals surface area contributed by atoms with Crippen molar-refractivity contribution in [2.75, 3.05) is 25.5 Å². The fourth-order valence-electron chi connectivity index (χ4n) is 1.83. The molecule has 0 radical (unpaired) electrons. The number of hydrogen-bond donors (Lipinski definition) is 1. The van der Waals surface area contributed by atoms with Crippen LogP contribution >= 0.6 is 11.6 Å². The second kappa shape index (κ2) is 6.59. The van der Waals surface area contributed by atoms with E-state index in [2.05, 4.69) is 22.2 Å². The summed E-state index contributed by atoms with van der Waals surface area (Å²) in [4.78, 5) is 6.56. The van der Waals surface area contributed by atoms with Crippen LogP contribution < -0.4 is 5.32 Å². The third kappa shape index (κ3) is 4.26. The maximum absolute atomic E-state index is 5.85. The largest absolute Gasteiger partial charge is 0.384 e. The number of hydrogen-bond acceptors (Lipinski definition) is 3. The molecule has 0 amide bonds. The van der Waals surface area contributed by atoms with Gasteiger partial charge in [0, 0.05) is 43.2 Å². The van der Waals surface area contributed by atoms with Crippen LogP contribution in [0.2, 0.25) is 5.02 Å². The number of imidazole rings is 1. The van der Waals surface area contributed by atoms with Crippen molar-refractivity contribution in [2.24, 2.45) is 7.05 Å². The molecule has 5 heteroatoms. The third-order valence-corrected chi connectivity index (χ3v) is 3.25. The monoisotopic (exact) mass is 278 g/mol. The van der Waals surface area contributed by atoms with Crippen LogP contribution in [-0.4, -0.2) is 34.6 Å². The maximum atomic E-state index is 5.85. The quantitative estimate of drug-likeness (QED) is 0.882. The van der Waals surface area contributed by atoms with Crippen molar-refractivity contribution in [3.8, 4) is 0 Å². The molecule has 0 aliphatic heterocycles. The molecule has 102 valence electrons. The molecule has 1 aromatic carbocycles. The second-order valence-electron chi connectivity index (χ2n) is 4.63. The molecule has 19 heavy (non-hydrogen) atoms. The van der Waals surface area contributed by atoms with Crippen LogP contribution in [0.3, 0.4) is 0 Å². The van der Waals surface area contributed by atoms with Crippen molar-refractivity contribution >= 4 is 17.3 Å². The fourth-order valence-corrected chi connectivity index (χ4v) is 1.95. The summed E-state index contributed by atoms with van der Waals surface area (Å²) in [6.07, 6.45) is 3.80. The average molecular weight is 279 g/mol. The van der Waals surface area contributed by atoms with Gasteiger partial charge in [-0.2, -0.15) is 0 Å². The summed E-state index contributed by atoms with van der Waals surface area (Å²) < 4.78 is 2.04. The Hall–Kier alpha value is -1.52. The summed E-state index contributed by atoms with van der Waals surface area (Å²) >= 11 is 5.85. The predicted molar refractivity (Wildman–Crippen MR) is 79.5 cm³/mol. The Morgan fingerprint density at radius 1 is 1.32 bits per heavy atom. The van der Waals surface area contributed by atoms with Gasteiger partial charge >= 0.3 is 0 Å². The summed E-state index contributed by atoms with van der Waals surface area (Å²) in [6, 6.07) is 7.76. The van der Waals surface area contributed by atoms with Crippen LogP contribution in [0.5, 0.6) is 0 Å². The van der Waals surface area contributed by atoms with Gasteiger partial charge in [-0.05, 0) is 31.3 Å². The number of aromatic nitrogens is 2. The highest BCUT2D eigenvalue weighted by Gasteiger charge is 2.03. The number of likely N-dealkylation sites (N-methyl/N-ethyl adjacent to an activating group) is 1. The molecule has 1 aromatic heterocycles. The molecular formula is C14H19ClN4. The van der Waals surface area contributed by atoms with E-state index in [1.54, 1.807) is 0 Å². The summed E-state index contributed by atoms with van der Waals surface area (Å²) in [6.45, 7) is 2.70. The summed E-state index contributed by atoms with van der Waals surface area (Å²) in [7, 11) is 4.11. The van der Waals surface area contributed by atoms with Crippen molar-refractivity contribution in [3.05, 3.63) is 47.5 Å². The van der Waals surface area contributed by atoms with E-state index < -0.39 is 0 Å². The Morgan fingerprint density at radius 2 is 2.05 bits per heavy atom. The lowest BCUT2D eigenvalue weighted by Crippen LogP contribution is -2.26. The number of benzene rings is 1. The first-order valence-electron chi connectivity index (χ1n) is 6.29. The van der Waals surface area contributed by atoms with E-state index in [0.29, 0.717) is 0 Å². The molecule has 0 atom stereocenters. The Morgan fingerprint density at radius 3 is 2.68 bits per heavy atom. The van der Waals surface area contributed by atoms with Gasteiger partial charge in [0.15, 0.2) is 0 Å². The molecule has 0 unspecified atom stereocenters. The molecule has 2 rings (SSSR count). The Labute approximate surface area is 119 Å². The number of anilines is 1. The first kappa shape index (κ1) is 13.9. The molecule has 0 fully saturated rings. The lowest BCUT2D eigenvalue weighted by atomic mass is 10.3. The highest BCUT2D eigenvalue weighted by atomic mass is 35.5.